The van der Waals surface area contributed by atoms with Crippen LogP contribution in [0, 0.1) is 10.1 Å². The number of carbonyl (C=O) groups excluding carboxylic acids is 1. The van der Waals surface area contributed by atoms with E-state index in [-0.39, 0.29) is 30.0 Å². The van der Waals surface area contributed by atoms with E-state index in [1.165, 1.54) is 25.7 Å². The topological polar surface area (TPSA) is 81.9 Å². The standard InChI is InChI=1S/C21H24N2O5/c1-27-18-12-13-20(19(14-18)23(25)26)28-15-21(24)22(16-8-4-2-5-9-16)17-10-6-3-7-11-17/h2,4-5,8-9,12-14,17H,3,6-7,10-11,15H2,1H3. The van der Waals surface area contributed by atoms with Crippen molar-refractivity contribution in [3.05, 3.63) is 58.6 Å². The van der Waals surface area contributed by atoms with Gasteiger partial charge < -0.3 is 14.4 Å². The molecule has 1 fully saturated rings. The Morgan fingerprint density at radius 2 is 1.86 bits per heavy atom. The quantitative estimate of drug-likeness (QED) is 0.524. The molecule has 1 amide bonds. The van der Waals surface area contributed by atoms with Crippen molar-refractivity contribution in [2.75, 3.05) is 18.6 Å². The molecule has 0 N–H and O–H groups in total. The van der Waals surface area contributed by atoms with Crippen molar-refractivity contribution < 1.29 is 19.2 Å². The average molecular weight is 384 g/mol. The summed E-state index contributed by atoms with van der Waals surface area (Å²) in [6.45, 7) is -0.265. The molecule has 1 aliphatic carbocycles. The molecule has 1 aliphatic rings. The van der Waals surface area contributed by atoms with E-state index in [0.29, 0.717) is 5.75 Å². The minimum Gasteiger partial charge on any atom is -0.496 e. The summed E-state index contributed by atoms with van der Waals surface area (Å²) in [5.74, 6) is 0.206. The maximum absolute atomic E-state index is 13.0. The Labute approximate surface area is 164 Å². The number of ether oxygens (including phenoxy) is 2. The molecule has 0 bridgehead atoms. The maximum Gasteiger partial charge on any atom is 0.314 e. The van der Waals surface area contributed by atoms with Crippen LogP contribution in [0.5, 0.6) is 11.5 Å². The molecule has 2 aromatic carbocycles. The summed E-state index contributed by atoms with van der Waals surface area (Å²) < 4.78 is 10.6. The Kier molecular flexibility index (Phi) is 6.47. The van der Waals surface area contributed by atoms with Crippen LogP contribution in [0.25, 0.3) is 0 Å². The third-order valence-electron chi connectivity index (χ3n) is 4.96. The summed E-state index contributed by atoms with van der Waals surface area (Å²) in [6, 6.07) is 13.9. The van der Waals surface area contributed by atoms with Gasteiger partial charge in [-0.25, -0.2) is 0 Å². The molecule has 0 aliphatic heterocycles. The van der Waals surface area contributed by atoms with Crippen LogP contribution < -0.4 is 14.4 Å². The highest BCUT2D eigenvalue weighted by Crippen LogP contribution is 2.32. The molecule has 2 aromatic rings. The van der Waals surface area contributed by atoms with E-state index in [9.17, 15) is 14.9 Å². The Hall–Kier alpha value is -3.09. The van der Waals surface area contributed by atoms with Crippen molar-refractivity contribution in [3.8, 4) is 11.5 Å². The number of anilines is 1. The van der Waals surface area contributed by atoms with Crippen LogP contribution in [0.15, 0.2) is 48.5 Å². The van der Waals surface area contributed by atoms with Gasteiger partial charge >= 0.3 is 5.69 Å². The Balaban J connectivity index is 1.78. The SMILES string of the molecule is COc1ccc(OCC(=O)N(c2ccccc2)C2CCCCC2)c([N+](=O)[O-])c1. The van der Waals surface area contributed by atoms with Gasteiger partial charge in [0.05, 0.1) is 18.1 Å². The zero-order valence-electron chi connectivity index (χ0n) is 15.9. The number of amides is 1. The number of methoxy groups -OCH3 is 1. The van der Waals surface area contributed by atoms with Crippen LogP contribution >= 0.6 is 0 Å². The fraction of sp³-hybridized carbons (Fsp3) is 0.381. The first-order valence-electron chi connectivity index (χ1n) is 9.42. The second-order valence-corrected chi connectivity index (χ2v) is 6.77. The fourth-order valence-electron chi connectivity index (χ4n) is 3.58. The van der Waals surface area contributed by atoms with Gasteiger partial charge in [-0.15, -0.1) is 0 Å². The van der Waals surface area contributed by atoms with Crippen molar-refractivity contribution in [1.29, 1.82) is 0 Å². The molecule has 0 aromatic heterocycles. The molecule has 0 heterocycles. The third-order valence-corrected chi connectivity index (χ3v) is 4.96. The van der Waals surface area contributed by atoms with E-state index >= 15 is 0 Å². The molecule has 3 rings (SSSR count). The highest BCUT2D eigenvalue weighted by molar-refractivity contribution is 5.95. The summed E-state index contributed by atoms with van der Waals surface area (Å²) in [5, 5.41) is 11.3. The van der Waals surface area contributed by atoms with Gasteiger partial charge in [0.1, 0.15) is 5.75 Å². The molecular weight excluding hydrogens is 360 g/mol. The van der Waals surface area contributed by atoms with Crippen LogP contribution in [0.2, 0.25) is 0 Å². The molecule has 148 valence electrons. The molecule has 0 saturated heterocycles. The lowest BCUT2D eigenvalue weighted by molar-refractivity contribution is -0.385. The van der Waals surface area contributed by atoms with Gasteiger partial charge in [0.25, 0.3) is 5.91 Å². The van der Waals surface area contributed by atoms with Gasteiger partial charge in [0.15, 0.2) is 12.4 Å². The first-order valence-corrected chi connectivity index (χ1v) is 9.42. The Bertz CT molecular complexity index is 819. The number of nitro benzene ring substituents is 1. The predicted molar refractivity (Wildman–Crippen MR) is 106 cm³/mol. The van der Waals surface area contributed by atoms with Crippen LogP contribution in [0.3, 0.4) is 0 Å². The molecule has 0 atom stereocenters. The van der Waals surface area contributed by atoms with Gasteiger partial charge in [-0.05, 0) is 37.1 Å². The van der Waals surface area contributed by atoms with Gasteiger partial charge in [-0.3, -0.25) is 14.9 Å². The monoisotopic (exact) mass is 384 g/mol. The molecule has 7 heteroatoms. The molecule has 28 heavy (non-hydrogen) atoms. The zero-order valence-corrected chi connectivity index (χ0v) is 15.9. The van der Waals surface area contributed by atoms with Crippen molar-refractivity contribution in [2.45, 2.75) is 38.1 Å². The molecule has 0 spiro atoms. The fourth-order valence-corrected chi connectivity index (χ4v) is 3.58. The van der Waals surface area contributed by atoms with Crippen LogP contribution in [0.1, 0.15) is 32.1 Å². The second-order valence-electron chi connectivity index (χ2n) is 6.77. The number of hydrogen-bond acceptors (Lipinski definition) is 5. The van der Waals surface area contributed by atoms with E-state index in [1.807, 2.05) is 30.3 Å². The van der Waals surface area contributed by atoms with E-state index in [2.05, 4.69) is 0 Å². The molecular formula is C21H24N2O5. The predicted octanol–water partition coefficient (Wildman–Crippen LogP) is 4.35. The number of hydrogen-bond donors (Lipinski definition) is 0. The highest BCUT2D eigenvalue weighted by atomic mass is 16.6. The number of para-hydroxylation sites is 1. The Morgan fingerprint density at radius 1 is 1.14 bits per heavy atom. The summed E-state index contributed by atoms with van der Waals surface area (Å²) in [7, 11) is 1.44. The zero-order chi connectivity index (χ0) is 19.9. The smallest absolute Gasteiger partial charge is 0.314 e. The Morgan fingerprint density at radius 3 is 2.50 bits per heavy atom. The van der Waals surface area contributed by atoms with E-state index in [4.69, 9.17) is 9.47 Å². The largest absolute Gasteiger partial charge is 0.496 e. The van der Waals surface area contributed by atoms with Crippen LogP contribution in [-0.2, 0) is 4.79 Å². The molecule has 0 radical (unpaired) electrons. The summed E-state index contributed by atoms with van der Waals surface area (Å²) >= 11 is 0. The number of nitro groups is 1. The summed E-state index contributed by atoms with van der Waals surface area (Å²) in [4.78, 5) is 25.6. The average Bonchev–Trinajstić information content (AvgIpc) is 2.74. The van der Waals surface area contributed by atoms with Crippen molar-refractivity contribution in [2.24, 2.45) is 0 Å². The van der Waals surface area contributed by atoms with Crippen molar-refractivity contribution in [1.82, 2.24) is 0 Å². The number of rotatable bonds is 7. The van der Waals surface area contributed by atoms with Gasteiger partial charge in [0, 0.05) is 11.7 Å². The first-order chi connectivity index (χ1) is 13.6. The number of nitrogens with zero attached hydrogens (tertiary/aromatic N) is 2. The van der Waals surface area contributed by atoms with E-state index in [1.54, 1.807) is 11.0 Å². The summed E-state index contributed by atoms with van der Waals surface area (Å²) in [6.07, 6.45) is 5.26. The number of benzene rings is 2. The lowest BCUT2D eigenvalue weighted by atomic mass is 9.93. The van der Waals surface area contributed by atoms with Crippen molar-refractivity contribution >= 4 is 17.3 Å². The third kappa shape index (κ3) is 4.60. The highest BCUT2D eigenvalue weighted by Gasteiger charge is 2.28. The molecule has 1 saturated carbocycles. The van der Waals surface area contributed by atoms with Gasteiger partial charge in [0.2, 0.25) is 0 Å². The van der Waals surface area contributed by atoms with Crippen LogP contribution in [0.4, 0.5) is 11.4 Å². The molecule has 7 nitrogen and oxygen atoms in total. The minimum absolute atomic E-state index is 0.0517. The second kappa shape index (κ2) is 9.21. The lowest BCUT2D eigenvalue weighted by Gasteiger charge is -2.34. The van der Waals surface area contributed by atoms with E-state index in [0.717, 1.165) is 31.4 Å². The van der Waals surface area contributed by atoms with Crippen molar-refractivity contribution in [3.63, 3.8) is 0 Å². The lowest BCUT2D eigenvalue weighted by Crippen LogP contribution is -2.44. The van der Waals surface area contributed by atoms with Crippen LogP contribution in [-0.4, -0.2) is 30.6 Å². The summed E-state index contributed by atoms with van der Waals surface area (Å²) in [5.41, 5.74) is 0.600. The first kappa shape index (κ1) is 19.7. The maximum atomic E-state index is 13.0. The normalized spacial score (nSPS) is 14.3. The molecule has 0 unspecified atom stereocenters. The van der Waals surface area contributed by atoms with Gasteiger partial charge in [-0.2, -0.15) is 0 Å². The number of carbonyl (C=O) groups is 1. The minimum atomic E-state index is -0.543. The van der Waals surface area contributed by atoms with Gasteiger partial charge in [-0.1, -0.05) is 37.5 Å². The van der Waals surface area contributed by atoms with E-state index < -0.39 is 4.92 Å².